The summed E-state index contributed by atoms with van der Waals surface area (Å²) < 4.78 is 0. The Hall–Kier alpha value is -2.11. The number of amides is 1. The minimum atomic E-state index is -0.575. The van der Waals surface area contributed by atoms with Crippen molar-refractivity contribution in [2.45, 2.75) is 6.92 Å². The van der Waals surface area contributed by atoms with Crippen molar-refractivity contribution in [3.63, 3.8) is 0 Å². The summed E-state index contributed by atoms with van der Waals surface area (Å²) in [4.78, 5) is 22.2. The smallest absolute Gasteiger partial charge is 0.270 e. The van der Waals surface area contributed by atoms with E-state index in [0.717, 1.165) is 11.6 Å². The lowest BCUT2D eigenvalue weighted by atomic mass is 10.1. The van der Waals surface area contributed by atoms with Crippen molar-refractivity contribution in [2.75, 3.05) is 5.32 Å². The molecule has 0 heterocycles. The first kappa shape index (κ1) is 15.3. The van der Waals surface area contributed by atoms with Gasteiger partial charge in [-0.05, 0) is 30.7 Å². The summed E-state index contributed by atoms with van der Waals surface area (Å²) in [6.07, 6.45) is 0. The second kappa shape index (κ2) is 6.11. The van der Waals surface area contributed by atoms with Crippen LogP contribution in [0.5, 0.6) is 0 Å². The predicted octanol–water partition coefficient (Wildman–Crippen LogP) is 4.46. The molecule has 21 heavy (non-hydrogen) atoms. The van der Waals surface area contributed by atoms with E-state index in [9.17, 15) is 14.9 Å². The van der Waals surface area contributed by atoms with Crippen LogP contribution in [0.3, 0.4) is 0 Å². The molecule has 5 nitrogen and oxygen atoms in total. The normalized spacial score (nSPS) is 10.2. The SMILES string of the molecule is Cc1ccc(Cl)cc1NC(=O)c1ccc([N+](=O)[O-])cc1Cl. The van der Waals surface area contributed by atoms with Gasteiger partial charge in [-0.1, -0.05) is 29.3 Å². The highest BCUT2D eigenvalue weighted by atomic mass is 35.5. The fraction of sp³-hybridized carbons (Fsp3) is 0.0714. The number of aryl methyl sites for hydroxylation is 1. The Kier molecular flexibility index (Phi) is 4.45. The molecule has 0 saturated carbocycles. The van der Waals surface area contributed by atoms with Crippen LogP contribution in [0.1, 0.15) is 15.9 Å². The molecule has 0 saturated heterocycles. The van der Waals surface area contributed by atoms with Gasteiger partial charge >= 0.3 is 0 Å². The summed E-state index contributed by atoms with van der Waals surface area (Å²) in [5, 5.41) is 13.8. The Bertz CT molecular complexity index is 732. The summed E-state index contributed by atoms with van der Waals surface area (Å²) >= 11 is 11.8. The predicted molar refractivity (Wildman–Crippen MR) is 82.2 cm³/mol. The molecule has 0 fully saturated rings. The van der Waals surface area contributed by atoms with E-state index in [2.05, 4.69) is 5.32 Å². The second-order valence-electron chi connectivity index (χ2n) is 4.33. The average Bonchev–Trinajstić information content (AvgIpc) is 2.42. The quantitative estimate of drug-likeness (QED) is 0.669. The number of carbonyl (C=O) groups excluding carboxylic acids is 1. The van der Waals surface area contributed by atoms with E-state index in [1.807, 2.05) is 6.92 Å². The fourth-order valence-electron chi connectivity index (χ4n) is 1.72. The number of anilines is 1. The standard InChI is InChI=1S/C14H10Cl2N2O3/c1-8-2-3-9(15)6-13(8)17-14(19)11-5-4-10(18(20)21)7-12(11)16/h2-7H,1H3,(H,17,19). The average molecular weight is 325 g/mol. The Labute approximate surface area is 130 Å². The molecule has 0 atom stereocenters. The van der Waals surface area contributed by atoms with E-state index in [-0.39, 0.29) is 16.3 Å². The summed E-state index contributed by atoms with van der Waals surface area (Å²) in [7, 11) is 0. The van der Waals surface area contributed by atoms with E-state index < -0.39 is 10.8 Å². The molecule has 0 bridgehead atoms. The highest BCUT2D eigenvalue weighted by Crippen LogP contribution is 2.25. The molecule has 7 heteroatoms. The third kappa shape index (κ3) is 3.51. The van der Waals surface area contributed by atoms with Crippen LogP contribution in [0.25, 0.3) is 0 Å². The molecule has 0 aliphatic rings. The number of halogens is 2. The molecule has 2 aromatic rings. The van der Waals surface area contributed by atoms with Crippen molar-refractivity contribution in [1.82, 2.24) is 0 Å². The molecule has 2 rings (SSSR count). The van der Waals surface area contributed by atoms with Crippen LogP contribution in [0.4, 0.5) is 11.4 Å². The van der Waals surface area contributed by atoms with Gasteiger partial charge in [0.2, 0.25) is 0 Å². The molecule has 0 radical (unpaired) electrons. The summed E-state index contributed by atoms with van der Waals surface area (Å²) in [6, 6.07) is 8.79. The molecule has 0 aliphatic heterocycles. The van der Waals surface area contributed by atoms with Crippen molar-refractivity contribution in [3.8, 4) is 0 Å². The Morgan fingerprint density at radius 1 is 1.19 bits per heavy atom. The van der Waals surface area contributed by atoms with Gasteiger partial charge in [-0.2, -0.15) is 0 Å². The number of nitrogens with zero attached hydrogens (tertiary/aromatic N) is 1. The zero-order valence-corrected chi connectivity index (χ0v) is 12.4. The van der Waals surface area contributed by atoms with Gasteiger partial charge in [0.15, 0.2) is 0 Å². The molecule has 0 aromatic heterocycles. The molecule has 0 aliphatic carbocycles. The number of nitro benzene ring substituents is 1. The van der Waals surface area contributed by atoms with Crippen molar-refractivity contribution in [1.29, 1.82) is 0 Å². The van der Waals surface area contributed by atoms with Crippen LogP contribution in [-0.2, 0) is 0 Å². The highest BCUT2D eigenvalue weighted by molar-refractivity contribution is 6.34. The van der Waals surface area contributed by atoms with Crippen LogP contribution >= 0.6 is 23.2 Å². The highest BCUT2D eigenvalue weighted by Gasteiger charge is 2.15. The number of nitro groups is 1. The Morgan fingerprint density at radius 2 is 1.90 bits per heavy atom. The first-order valence-corrected chi connectivity index (χ1v) is 6.65. The van der Waals surface area contributed by atoms with E-state index in [4.69, 9.17) is 23.2 Å². The second-order valence-corrected chi connectivity index (χ2v) is 5.18. The molecule has 2 aromatic carbocycles. The van der Waals surface area contributed by atoms with Crippen molar-refractivity contribution >= 4 is 40.5 Å². The number of benzene rings is 2. The number of rotatable bonds is 3. The van der Waals surface area contributed by atoms with Crippen LogP contribution in [0, 0.1) is 17.0 Å². The van der Waals surface area contributed by atoms with Crippen molar-refractivity contribution < 1.29 is 9.72 Å². The van der Waals surface area contributed by atoms with Crippen LogP contribution < -0.4 is 5.32 Å². The van der Waals surface area contributed by atoms with Gasteiger partial charge in [0.25, 0.3) is 11.6 Å². The molecular formula is C14H10Cl2N2O3. The van der Waals surface area contributed by atoms with Gasteiger partial charge in [-0.15, -0.1) is 0 Å². The summed E-state index contributed by atoms with van der Waals surface area (Å²) in [5.74, 6) is -0.458. The van der Waals surface area contributed by atoms with Crippen molar-refractivity contribution in [3.05, 3.63) is 67.7 Å². The summed E-state index contributed by atoms with van der Waals surface area (Å²) in [5.41, 5.74) is 1.38. The molecular weight excluding hydrogens is 315 g/mol. The number of carbonyl (C=O) groups is 1. The Balaban J connectivity index is 2.28. The van der Waals surface area contributed by atoms with Crippen LogP contribution in [0.15, 0.2) is 36.4 Å². The van der Waals surface area contributed by atoms with E-state index >= 15 is 0 Å². The first-order valence-electron chi connectivity index (χ1n) is 5.90. The minimum Gasteiger partial charge on any atom is -0.322 e. The van der Waals surface area contributed by atoms with Crippen LogP contribution in [0.2, 0.25) is 10.0 Å². The van der Waals surface area contributed by atoms with Gasteiger partial charge in [0, 0.05) is 22.8 Å². The van der Waals surface area contributed by atoms with E-state index in [1.54, 1.807) is 18.2 Å². The summed E-state index contributed by atoms with van der Waals surface area (Å²) in [6.45, 7) is 1.82. The number of hydrogen-bond acceptors (Lipinski definition) is 3. The molecule has 1 amide bonds. The van der Waals surface area contributed by atoms with Gasteiger partial charge in [0.1, 0.15) is 0 Å². The molecule has 0 spiro atoms. The van der Waals surface area contributed by atoms with Gasteiger partial charge < -0.3 is 5.32 Å². The molecule has 1 N–H and O–H groups in total. The number of non-ortho nitro benzene ring substituents is 1. The van der Waals surface area contributed by atoms with Crippen LogP contribution in [-0.4, -0.2) is 10.8 Å². The van der Waals surface area contributed by atoms with Gasteiger partial charge in [0.05, 0.1) is 15.5 Å². The zero-order chi connectivity index (χ0) is 15.6. The van der Waals surface area contributed by atoms with Gasteiger partial charge in [-0.3, -0.25) is 14.9 Å². The number of hydrogen-bond donors (Lipinski definition) is 1. The maximum absolute atomic E-state index is 12.2. The topological polar surface area (TPSA) is 72.2 Å². The fourth-order valence-corrected chi connectivity index (χ4v) is 2.15. The third-order valence-corrected chi connectivity index (χ3v) is 3.40. The zero-order valence-electron chi connectivity index (χ0n) is 10.9. The largest absolute Gasteiger partial charge is 0.322 e. The lowest BCUT2D eigenvalue weighted by Crippen LogP contribution is -2.13. The van der Waals surface area contributed by atoms with Gasteiger partial charge in [-0.25, -0.2) is 0 Å². The first-order chi connectivity index (χ1) is 9.88. The minimum absolute atomic E-state index is 0.0152. The maximum atomic E-state index is 12.2. The van der Waals surface area contributed by atoms with E-state index in [0.29, 0.717) is 10.7 Å². The maximum Gasteiger partial charge on any atom is 0.270 e. The molecule has 108 valence electrons. The number of nitrogens with one attached hydrogen (secondary N) is 1. The van der Waals surface area contributed by atoms with Crippen molar-refractivity contribution in [2.24, 2.45) is 0 Å². The lowest BCUT2D eigenvalue weighted by Gasteiger charge is -2.09. The Morgan fingerprint density at radius 3 is 2.52 bits per heavy atom. The van der Waals surface area contributed by atoms with E-state index in [1.165, 1.54) is 12.1 Å². The lowest BCUT2D eigenvalue weighted by molar-refractivity contribution is -0.384. The third-order valence-electron chi connectivity index (χ3n) is 2.86. The monoisotopic (exact) mass is 324 g/mol. The molecule has 0 unspecified atom stereocenters.